The van der Waals surface area contributed by atoms with Crippen molar-refractivity contribution in [3.8, 4) is 22.5 Å². The molecule has 0 radical (unpaired) electrons. The van der Waals surface area contributed by atoms with Crippen LogP contribution in [0, 0.1) is 0 Å². The van der Waals surface area contributed by atoms with Crippen LogP contribution in [0.25, 0.3) is 44.3 Å². The van der Waals surface area contributed by atoms with E-state index in [-0.39, 0.29) is 0 Å². The van der Waals surface area contributed by atoms with Crippen LogP contribution in [0.15, 0.2) is 91.0 Å². The van der Waals surface area contributed by atoms with E-state index in [9.17, 15) is 0 Å². The highest BCUT2D eigenvalue weighted by molar-refractivity contribution is 5.97. The molecule has 4 aromatic carbocycles. The van der Waals surface area contributed by atoms with Crippen LogP contribution in [0.1, 0.15) is 24.8 Å². The number of hydrogen-bond donors (Lipinski definition) is 0. The van der Waals surface area contributed by atoms with Crippen molar-refractivity contribution in [1.82, 2.24) is 14.9 Å². The molecule has 1 aromatic heterocycles. The Morgan fingerprint density at radius 1 is 0.576 bits per heavy atom. The summed E-state index contributed by atoms with van der Waals surface area (Å²) in [4.78, 5) is 12.8. The second kappa shape index (κ2) is 8.76. The second-order valence-electron chi connectivity index (χ2n) is 9.01. The lowest BCUT2D eigenvalue weighted by Gasteiger charge is -2.26. The maximum absolute atomic E-state index is 5.14. The van der Waals surface area contributed by atoms with Crippen LogP contribution in [-0.2, 0) is 6.54 Å². The van der Waals surface area contributed by atoms with Crippen LogP contribution in [0.2, 0.25) is 0 Å². The van der Waals surface area contributed by atoms with Crippen LogP contribution in [0.4, 0.5) is 0 Å². The molecule has 0 atom stereocenters. The molecule has 1 aliphatic heterocycles. The molecule has 6 rings (SSSR count). The molecule has 0 aliphatic carbocycles. The molecule has 1 aliphatic rings. The van der Waals surface area contributed by atoms with E-state index >= 15 is 0 Å². The minimum atomic E-state index is 0.929. The molecule has 3 heteroatoms. The van der Waals surface area contributed by atoms with Gasteiger partial charge in [-0.1, -0.05) is 85.3 Å². The number of fused-ring (bicyclic) bond motifs is 2. The van der Waals surface area contributed by atoms with E-state index in [0.29, 0.717) is 0 Å². The Hall–Kier alpha value is -3.56. The molecule has 0 spiro atoms. The van der Waals surface area contributed by atoms with E-state index < -0.39 is 0 Å². The second-order valence-corrected chi connectivity index (χ2v) is 9.01. The monoisotopic (exact) mass is 429 g/mol. The molecule has 1 saturated heterocycles. The number of benzene rings is 4. The lowest BCUT2D eigenvalue weighted by molar-refractivity contribution is 0.221. The predicted octanol–water partition coefficient (Wildman–Crippen LogP) is 7.10. The minimum Gasteiger partial charge on any atom is -0.299 e. The summed E-state index contributed by atoms with van der Waals surface area (Å²) in [6.45, 7) is 3.45. The van der Waals surface area contributed by atoms with Gasteiger partial charge >= 0.3 is 0 Å². The van der Waals surface area contributed by atoms with Crippen molar-refractivity contribution in [2.24, 2.45) is 0 Å². The van der Waals surface area contributed by atoms with Gasteiger partial charge in [-0.2, -0.15) is 0 Å². The Morgan fingerprint density at radius 2 is 1.12 bits per heavy atom. The lowest BCUT2D eigenvalue weighted by Crippen LogP contribution is -2.29. The third-order valence-electron chi connectivity index (χ3n) is 6.66. The number of hydrogen-bond acceptors (Lipinski definition) is 3. The Balaban J connectivity index is 1.45. The minimum absolute atomic E-state index is 0.929. The summed E-state index contributed by atoms with van der Waals surface area (Å²) >= 11 is 0. The number of aromatic nitrogens is 2. The van der Waals surface area contributed by atoms with Crippen molar-refractivity contribution < 1.29 is 0 Å². The zero-order valence-corrected chi connectivity index (χ0v) is 18.7. The SMILES string of the molecule is c1ccc(-c2nc3cc4ccccc4cc3nc2-c2ccc(CN3CCCCC3)cc2)cc1. The van der Waals surface area contributed by atoms with Crippen LogP contribution < -0.4 is 0 Å². The fourth-order valence-corrected chi connectivity index (χ4v) is 4.88. The molecule has 33 heavy (non-hydrogen) atoms. The third kappa shape index (κ3) is 4.12. The molecule has 1 fully saturated rings. The highest BCUT2D eigenvalue weighted by Gasteiger charge is 2.15. The summed E-state index contributed by atoms with van der Waals surface area (Å²) in [6, 6.07) is 32.0. The summed E-state index contributed by atoms with van der Waals surface area (Å²) in [5, 5.41) is 2.38. The van der Waals surface area contributed by atoms with Crippen molar-refractivity contribution in [3.05, 3.63) is 96.6 Å². The van der Waals surface area contributed by atoms with Gasteiger partial charge in [-0.05, 0) is 54.4 Å². The first-order chi connectivity index (χ1) is 16.3. The van der Waals surface area contributed by atoms with E-state index in [2.05, 4.69) is 89.8 Å². The summed E-state index contributed by atoms with van der Waals surface area (Å²) in [5.41, 5.74) is 7.29. The number of likely N-dealkylation sites (tertiary alicyclic amines) is 1. The van der Waals surface area contributed by atoms with E-state index in [1.54, 1.807) is 0 Å². The van der Waals surface area contributed by atoms with Crippen molar-refractivity contribution in [2.45, 2.75) is 25.8 Å². The molecule has 0 unspecified atom stereocenters. The first-order valence-corrected chi connectivity index (χ1v) is 11.9. The average Bonchev–Trinajstić information content (AvgIpc) is 2.88. The summed E-state index contributed by atoms with van der Waals surface area (Å²) in [5.74, 6) is 0. The fraction of sp³-hybridized carbons (Fsp3) is 0.200. The van der Waals surface area contributed by atoms with Crippen LogP contribution in [-0.4, -0.2) is 28.0 Å². The molecular formula is C30H27N3. The van der Waals surface area contributed by atoms with Gasteiger partial charge in [0.15, 0.2) is 0 Å². The molecule has 0 amide bonds. The molecule has 0 N–H and O–H groups in total. The maximum Gasteiger partial charge on any atom is 0.0973 e. The zero-order valence-electron chi connectivity index (χ0n) is 18.7. The van der Waals surface area contributed by atoms with Crippen molar-refractivity contribution in [1.29, 1.82) is 0 Å². The molecule has 162 valence electrons. The van der Waals surface area contributed by atoms with Gasteiger partial charge < -0.3 is 0 Å². The maximum atomic E-state index is 5.14. The van der Waals surface area contributed by atoms with E-state index in [1.807, 2.05) is 6.07 Å². The molecular weight excluding hydrogens is 402 g/mol. The first kappa shape index (κ1) is 20.1. The van der Waals surface area contributed by atoms with Crippen molar-refractivity contribution >= 4 is 21.8 Å². The largest absolute Gasteiger partial charge is 0.299 e. The Kier molecular flexibility index (Phi) is 5.33. The first-order valence-electron chi connectivity index (χ1n) is 11.9. The quantitative estimate of drug-likeness (QED) is 0.285. The van der Waals surface area contributed by atoms with Crippen molar-refractivity contribution in [2.75, 3.05) is 13.1 Å². The van der Waals surface area contributed by atoms with Crippen LogP contribution in [0.5, 0.6) is 0 Å². The van der Waals surface area contributed by atoms with E-state index in [4.69, 9.17) is 9.97 Å². The Morgan fingerprint density at radius 3 is 1.73 bits per heavy atom. The van der Waals surface area contributed by atoms with Gasteiger partial charge in [-0.15, -0.1) is 0 Å². The third-order valence-corrected chi connectivity index (χ3v) is 6.66. The van der Waals surface area contributed by atoms with Gasteiger partial charge in [-0.3, -0.25) is 4.90 Å². The number of nitrogens with zero attached hydrogens (tertiary/aromatic N) is 3. The predicted molar refractivity (Wildman–Crippen MR) is 137 cm³/mol. The Bertz CT molecular complexity index is 1400. The fourth-order valence-electron chi connectivity index (χ4n) is 4.88. The van der Waals surface area contributed by atoms with Crippen LogP contribution in [0.3, 0.4) is 0 Å². The number of rotatable bonds is 4. The van der Waals surface area contributed by atoms with Gasteiger partial charge in [0.05, 0.1) is 22.4 Å². The summed E-state index contributed by atoms with van der Waals surface area (Å²) < 4.78 is 0. The summed E-state index contributed by atoms with van der Waals surface area (Å²) in [6.07, 6.45) is 4.01. The van der Waals surface area contributed by atoms with E-state index in [1.165, 1.54) is 48.7 Å². The topological polar surface area (TPSA) is 29.0 Å². The van der Waals surface area contributed by atoms with Gasteiger partial charge in [0, 0.05) is 17.7 Å². The zero-order chi connectivity index (χ0) is 22.0. The molecule has 0 bridgehead atoms. The average molecular weight is 430 g/mol. The molecule has 3 nitrogen and oxygen atoms in total. The Labute approximate surface area is 194 Å². The van der Waals surface area contributed by atoms with Crippen LogP contribution >= 0.6 is 0 Å². The van der Waals surface area contributed by atoms with E-state index in [0.717, 1.165) is 40.1 Å². The van der Waals surface area contributed by atoms with Crippen molar-refractivity contribution in [3.63, 3.8) is 0 Å². The highest BCUT2D eigenvalue weighted by Crippen LogP contribution is 2.32. The standard InChI is InChI=1S/C30H27N3/c1-3-9-23(10-4-1)29-30(24-15-13-22(14-16-24)21-33-17-7-2-8-18-33)32-28-20-26-12-6-5-11-25(26)19-27(28)31-29/h1,3-6,9-16,19-20H,2,7-8,17-18,21H2. The highest BCUT2D eigenvalue weighted by atomic mass is 15.1. The van der Waals surface area contributed by atoms with Gasteiger partial charge in [0.1, 0.15) is 0 Å². The smallest absolute Gasteiger partial charge is 0.0973 e. The molecule has 0 saturated carbocycles. The normalized spacial score (nSPS) is 14.7. The molecule has 5 aromatic rings. The van der Waals surface area contributed by atoms with Gasteiger partial charge in [-0.25, -0.2) is 9.97 Å². The summed E-state index contributed by atoms with van der Waals surface area (Å²) in [7, 11) is 0. The number of piperidine rings is 1. The molecule has 2 heterocycles. The van der Waals surface area contributed by atoms with Gasteiger partial charge in [0.25, 0.3) is 0 Å². The lowest BCUT2D eigenvalue weighted by atomic mass is 10.0. The van der Waals surface area contributed by atoms with Gasteiger partial charge in [0.2, 0.25) is 0 Å².